The number of ether oxygens (including phenoxy) is 1. The molecule has 0 aromatic carbocycles. The number of furan rings is 1. The molecule has 0 aliphatic rings. The van der Waals surface area contributed by atoms with Crippen LogP contribution in [-0.4, -0.2) is 12.6 Å². The van der Waals surface area contributed by atoms with Crippen molar-refractivity contribution in [2.45, 2.75) is 13.8 Å². The van der Waals surface area contributed by atoms with Gasteiger partial charge in [-0.15, -0.1) is 0 Å². The molecular formula is C11H12O3. The first-order valence-electron chi connectivity index (χ1n) is 4.34. The Morgan fingerprint density at radius 2 is 2.36 bits per heavy atom. The van der Waals surface area contributed by atoms with E-state index in [2.05, 4.69) is 0 Å². The van der Waals surface area contributed by atoms with Gasteiger partial charge < -0.3 is 9.15 Å². The minimum absolute atomic E-state index is 0.0428. The lowest BCUT2D eigenvalue weighted by atomic mass is 10.2. The Balaban J connectivity index is 2.73. The molecular weight excluding hydrogens is 180 g/mol. The van der Waals surface area contributed by atoms with Crippen molar-refractivity contribution in [1.29, 1.82) is 0 Å². The Bertz CT molecular complexity index is 347. The molecule has 0 amide bonds. The fraction of sp³-hybridized carbons (Fsp3) is 0.273. The number of hydrogen-bond acceptors (Lipinski definition) is 3. The highest BCUT2D eigenvalue weighted by Gasteiger charge is 2.05. The SMILES string of the molecule is [CH]/C(=C\c1ccc(C)o1)C(=O)OCC. The van der Waals surface area contributed by atoms with Gasteiger partial charge in [0.05, 0.1) is 6.61 Å². The lowest BCUT2D eigenvalue weighted by Crippen LogP contribution is -2.04. The van der Waals surface area contributed by atoms with E-state index in [1.54, 1.807) is 19.1 Å². The van der Waals surface area contributed by atoms with Crippen molar-refractivity contribution in [3.05, 3.63) is 36.2 Å². The van der Waals surface area contributed by atoms with E-state index >= 15 is 0 Å². The molecule has 0 saturated heterocycles. The first-order valence-corrected chi connectivity index (χ1v) is 4.34. The first-order chi connectivity index (χ1) is 6.63. The minimum atomic E-state index is -0.526. The number of aryl methyl sites for hydroxylation is 1. The van der Waals surface area contributed by atoms with Crippen LogP contribution in [0.3, 0.4) is 0 Å². The summed E-state index contributed by atoms with van der Waals surface area (Å²) in [5.74, 6) is 0.794. The highest BCUT2D eigenvalue weighted by Crippen LogP contribution is 2.11. The molecule has 1 aromatic rings. The molecule has 0 atom stereocenters. The summed E-state index contributed by atoms with van der Waals surface area (Å²) in [4.78, 5) is 11.1. The van der Waals surface area contributed by atoms with E-state index in [0.717, 1.165) is 5.76 Å². The third-order valence-electron chi connectivity index (χ3n) is 1.57. The maximum atomic E-state index is 11.1. The van der Waals surface area contributed by atoms with Gasteiger partial charge in [-0.1, -0.05) is 0 Å². The van der Waals surface area contributed by atoms with Crippen LogP contribution in [0.1, 0.15) is 18.4 Å². The molecule has 3 nitrogen and oxygen atoms in total. The van der Waals surface area contributed by atoms with Crippen molar-refractivity contribution in [2.24, 2.45) is 0 Å². The normalized spacial score (nSPS) is 11.5. The van der Waals surface area contributed by atoms with Gasteiger partial charge in [0.2, 0.25) is 0 Å². The number of esters is 1. The van der Waals surface area contributed by atoms with Gasteiger partial charge in [0, 0.05) is 12.5 Å². The zero-order valence-electron chi connectivity index (χ0n) is 8.24. The molecule has 74 valence electrons. The molecule has 0 bridgehead atoms. The fourth-order valence-corrected chi connectivity index (χ4v) is 0.958. The number of rotatable bonds is 3. The monoisotopic (exact) mass is 192 g/mol. The zero-order chi connectivity index (χ0) is 10.6. The van der Waals surface area contributed by atoms with Crippen LogP contribution in [0.15, 0.2) is 22.1 Å². The average molecular weight is 192 g/mol. The van der Waals surface area contributed by atoms with Crippen LogP contribution in [0.2, 0.25) is 0 Å². The third kappa shape index (κ3) is 2.76. The second kappa shape index (κ2) is 4.65. The summed E-state index contributed by atoms with van der Waals surface area (Å²) in [6.07, 6.45) is 1.45. The quantitative estimate of drug-likeness (QED) is 0.544. The van der Waals surface area contributed by atoms with E-state index in [9.17, 15) is 4.79 Å². The summed E-state index contributed by atoms with van der Waals surface area (Å²) >= 11 is 0. The molecule has 0 aliphatic heterocycles. The Labute approximate surface area is 83.4 Å². The van der Waals surface area contributed by atoms with Crippen molar-refractivity contribution in [3.63, 3.8) is 0 Å². The molecule has 14 heavy (non-hydrogen) atoms. The third-order valence-corrected chi connectivity index (χ3v) is 1.57. The van der Waals surface area contributed by atoms with Crippen molar-refractivity contribution >= 4 is 12.0 Å². The average Bonchev–Trinajstić information content (AvgIpc) is 2.51. The topological polar surface area (TPSA) is 39.4 Å². The van der Waals surface area contributed by atoms with Crippen molar-refractivity contribution in [3.8, 4) is 0 Å². The highest BCUT2D eigenvalue weighted by molar-refractivity contribution is 5.94. The van der Waals surface area contributed by atoms with Crippen molar-refractivity contribution in [2.75, 3.05) is 6.61 Å². The Morgan fingerprint density at radius 1 is 1.64 bits per heavy atom. The van der Waals surface area contributed by atoms with Crippen molar-refractivity contribution in [1.82, 2.24) is 0 Å². The maximum absolute atomic E-state index is 11.1. The molecule has 2 radical (unpaired) electrons. The van der Waals surface area contributed by atoms with Gasteiger partial charge in [-0.25, -0.2) is 4.79 Å². The van der Waals surface area contributed by atoms with Gasteiger partial charge in [-0.3, -0.25) is 0 Å². The van der Waals surface area contributed by atoms with Gasteiger partial charge in [-0.05, 0) is 32.1 Å². The molecule has 0 fully saturated rings. The summed E-state index contributed by atoms with van der Waals surface area (Å²) in [5, 5.41) is 0. The molecule has 1 rings (SSSR count). The summed E-state index contributed by atoms with van der Waals surface area (Å²) in [7, 11) is 0. The van der Waals surface area contributed by atoms with Gasteiger partial charge in [0.25, 0.3) is 0 Å². The second-order valence-corrected chi connectivity index (χ2v) is 2.77. The number of carbonyl (C=O) groups is 1. The van der Waals surface area contributed by atoms with E-state index in [1.165, 1.54) is 6.08 Å². The fourth-order valence-electron chi connectivity index (χ4n) is 0.958. The first kappa shape index (κ1) is 10.6. The predicted octanol–water partition coefficient (Wildman–Crippen LogP) is 2.25. The Kier molecular flexibility index (Phi) is 3.51. The van der Waals surface area contributed by atoms with Gasteiger partial charge >= 0.3 is 5.97 Å². The van der Waals surface area contributed by atoms with Crippen LogP contribution in [0, 0.1) is 13.8 Å². The van der Waals surface area contributed by atoms with Crippen LogP contribution in [0.25, 0.3) is 6.08 Å². The summed E-state index contributed by atoms with van der Waals surface area (Å²) in [6.45, 7) is 9.32. The van der Waals surface area contributed by atoms with Crippen molar-refractivity contribution < 1.29 is 13.9 Å². The van der Waals surface area contributed by atoms with Crippen LogP contribution in [0.5, 0.6) is 0 Å². The predicted molar refractivity (Wildman–Crippen MR) is 52.4 cm³/mol. The smallest absolute Gasteiger partial charge is 0.334 e. The summed E-state index contributed by atoms with van der Waals surface area (Å²) in [6, 6.07) is 3.53. The number of carbonyl (C=O) groups excluding carboxylic acids is 1. The lowest BCUT2D eigenvalue weighted by molar-refractivity contribution is -0.138. The van der Waals surface area contributed by atoms with E-state index in [0.29, 0.717) is 12.4 Å². The molecule has 0 unspecified atom stereocenters. The van der Waals surface area contributed by atoms with Crippen LogP contribution >= 0.6 is 0 Å². The van der Waals surface area contributed by atoms with Crippen LogP contribution < -0.4 is 0 Å². The number of hydrogen-bond donors (Lipinski definition) is 0. The van der Waals surface area contributed by atoms with Gasteiger partial charge in [-0.2, -0.15) is 0 Å². The standard InChI is InChI=1S/C11H12O3/c1-4-13-11(12)8(2)7-10-6-5-9(3)14-10/h2,5-7H,4H2,1,3H3/b8-7+. The van der Waals surface area contributed by atoms with Crippen LogP contribution in [-0.2, 0) is 9.53 Å². The molecule has 0 saturated carbocycles. The summed E-state index contributed by atoms with van der Waals surface area (Å²) in [5.41, 5.74) is 0.0428. The molecule has 1 aromatic heterocycles. The van der Waals surface area contributed by atoms with E-state index in [-0.39, 0.29) is 5.57 Å². The molecule has 0 aliphatic carbocycles. The van der Waals surface area contributed by atoms with E-state index in [1.807, 2.05) is 6.92 Å². The van der Waals surface area contributed by atoms with E-state index in [4.69, 9.17) is 16.1 Å². The molecule has 0 N–H and O–H groups in total. The largest absolute Gasteiger partial charge is 0.463 e. The summed E-state index contributed by atoms with van der Waals surface area (Å²) < 4.78 is 9.93. The lowest BCUT2D eigenvalue weighted by Gasteiger charge is -1.99. The Hall–Kier alpha value is -1.51. The molecule has 0 spiro atoms. The molecule has 1 heterocycles. The highest BCUT2D eigenvalue weighted by atomic mass is 16.5. The molecule has 3 heteroatoms. The van der Waals surface area contributed by atoms with Crippen LogP contribution in [0.4, 0.5) is 0 Å². The van der Waals surface area contributed by atoms with Gasteiger partial charge in [0.1, 0.15) is 11.5 Å². The minimum Gasteiger partial charge on any atom is -0.463 e. The Morgan fingerprint density at radius 3 is 2.86 bits per heavy atom. The van der Waals surface area contributed by atoms with Gasteiger partial charge in [0.15, 0.2) is 0 Å². The second-order valence-electron chi connectivity index (χ2n) is 2.77. The zero-order valence-corrected chi connectivity index (χ0v) is 8.24. The van der Waals surface area contributed by atoms with E-state index < -0.39 is 5.97 Å². The maximum Gasteiger partial charge on any atom is 0.334 e.